The fourth-order valence-electron chi connectivity index (χ4n) is 1.29. The number of terminal acetylenes is 1. The average molecular weight is 174 g/mol. The minimum Gasteiger partial charge on any atom is -0.313 e. The topological polar surface area (TPSA) is 24.9 Å². The van der Waals surface area contributed by atoms with E-state index in [1.54, 1.807) is 6.20 Å². The lowest BCUT2D eigenvalue weighted by atomic mass is 10.0. The van der Waals surface area contributed by atoms with Crippen LogP contribution in [0.3, 0.4) is 0 Å². The third-order valence-electron chi connectivity index (χ3n) is 2.01. The van der Waals surface area contributed by atoms with Crippen molar-refractivity contribution in [3.05, 3.63) is 30.1 Å². The predicted octanol–water partition coefficient (Wildman–Crippen LogP) is 1.76. The van der Waals surface area contributed by atoms with E-state index >= 15 is 0 Å². The van der Waals surface area contributed by atoms with Gasteiger partial charge < -0.3 is 5.32 Å². The van der Waals surface area contributed by atoms with E-state index in [0.29, 0.717) is 6.04 Å². The minimum atomic E-state index is 0.324. The maximum Gasteiger partial charge on any atom is 0.0341 e. The molecule has 0 radical (unpaired) electrons. The van der Waals surface area contributed by atoms with Crippen molar-refractivity contribution in [3.63, 3.8) is 0 Å². The van der Waals surface area contributed by atoms with Crippen LogP contribution in [0.4, 0.5) is 0 Å². The third kappa shape index (κ3) is 2.89. The van der Waals surface area contributed by atoms with Crippen LogP contribution in [0.25, 0.3) is 0 Å². The summed E-state index contributed by atoms with van der Waals surface area (Å²) in [6, 6.07) is 4.32. The molecule has 0 aliphatic carbocycles. The summed E-state index contributed by atoms with van der Waals surface area (Å²) in [4.78, 5) is 4.07. The Morgan fingerprint density at radius 3 is 3.08 bits per heavy atom. The van der Waals surface area contributed by atoms with Crippen LogP contribution in [0, 0.1) is 12.3 Å². The second kappa shape index (κ2) is 5.34. The first-order valence-electron chi connectivity index (χ1n) is 4.39. The van der Waals surface area contributed by atoms with Crippen molar-refractivity contribution in [1.29, 1.82) is 0 Å². The maximum absolute atomic E-state index is 5.22. The normalized spacial score (nSPS) is 12.0. The molecule has 1 aromatic rings. The summed E-state index contributed by atoms with van der Waals surface area (Å²) < 4.78 is 0. The molecule has 1 rings (SSSR count). The minimum absolute atomic E-state index is 0.324. The van der Waals surface area contributed by atoms with E-state index < -0.39 is 0 Å². The summed E-state index contributed by atoms with van der Waals surface area (Å²) >= 11 is 0. The quantitative estimate of drug-likeness (QED) is 0.703. The monoisotopic (exact) mass is 174 g/mol. The second-order valence-electron chi connectivity index (χ2n) is 2.87. The first kappa shape index (κ1) is 9.76. The highest BCUT2D eigenvalue weighted by molar-refractivity contribution is 5.13. The summed E-state index contributed by atoms with van der Waals surface area (Å²) in [6.07, 6.45) is 10.6. The van der Waals surface area contributed by atoms with Crippen LogP contribution in [-0.4, -0.2) is 12.0 Å². The predicted molar refractivity (Wildman–Crippen MR) is 54.1 cm³/mol. The van der Waals surface area contributed by atoms with E-state index in [2.05, 4.69) is 22.3 Å². The Morgan fingerprint density at radius 2 is 2.54 bits per heavy atom. The number of hydrogen-bond acceptors (Lipinski definition) is 2. The lowest BCUT2D eigenvalue weighted by Crippen LogP contribution is -2.16. The molecule has 1 N–H and O–H groups in total. The summed E-state index contributed by atoms with van der Waals surface area (Å²) in [5.41, 5.74) is 1.19. The Balaban J connectivity index is 2.63. The molecule has 2 nitrogen and oxygen atoms in total. The molecule has 0 amide bonds. The SMILES string of the molecule is C#CCCC(NC)c1cccnc1. The molecule has 0 aliphatic rings. The van der Waals surface area contributed by atoms with E-state index in [0.717, 1.165) is 12.8 Å². The molecule has 1 heterocycles. The molecule has 1 aromatic heterocycles. The van der Waals surface area contributed by atoms with Crippen molar-refractivity contribution in [2.24, 2.45) is 0 Å². The number of nitrogens with zero attached hydrogens (tertiary/aromatic N) is 1. The van der Waals surface area contributed by atoms with Gasteiger partial charge in [-0.2, -0.15) is 0 Å². The van der Waals surface area contributed by atoms with Crippen molar-refractivity contribution in [2.75, 3.05) is 7.05 Å². The Kier molecular flexibility index (Phi) is 4.01. The number of rotatable bonds is 4. The molecule has 1 atom stereocenters. The first-order chi connectivity index (χ1) is 6.38. The molecule has 2 heteroatoms. The van der Waals surface area contributed by atoms with Crippen LogP contribution in [0.2, 0.25) is 0 Å². The number of hydrogen-bond donors (Lipinski definition) is 1. The summed E-state index contributed by atoms with van der Waals surface area (Å²) in [7, 11) is 1.94. The Hall–Kier alpha value is -1.33. The van der Waals surface area contributed by atoms with Gasteiger partial charge >= 0.3 is 0 Å². The van der Waals surface area contributed by atoms with Gasteiger partial charge in [-0.25, -0.2) is 0 Å². The molecule has 13 heavy (non-hydrogen) atoms. The molecule has 0 aromatic carbocycles. The Bertz CT molecular complexity index is 274. The Labute approximate surface area is 79.4 Å². The molecular formula is C11H14N2. The van der Waals surface area contributed by atoms with Gasteiger partial charge in [0.15, 0.2) is 0 Å². The largest absolute Gasteiger partial charge is 0.313 e. The van der Waals surface area contributed by atoms with Crippen LogP contribution < -0.4 is 5.32 Å². The van der Waals surface area contributed by atoms with Crippen molar-refractivity contribution < 1.29 is 0 Å². The van der Waals surface area contributed by atoms with E-state index in [9.17, 15) is 0 Å². The molecule has 0 saturated carbocycles. The molecule has 0 bridgehead atoms. The molecule has 68 valence electrons. The highest BCUT2D eigenvalue weighted by Gasteiger charge is 2.06. The molecule has 0 spiro atoms. The fraction of sp³-hybridized carbons (Fsp3) is 0.364. The van der Waals surface area contributed by atoms with E-state index in [4.69, 9.17) is 6.42 Å². The highest BCUT2D eigenvalue weighted by atomic mass is 14.9. The van der Waals surface area contributed by atoms with E-state index in [1.165, 1.54) is 5.56 Å². The van der Waals surface area contributed by atoms with Gasteiger partial charge in [-0.3, -0.25) is 4.98 Å². The van der Waals surface area contributed by atoms with Gasteiger partial charge in [0.2, 0.25) is 0 Å². The van der Waals surface area contributed by atoms with Crippen molar-refractivity contribution in [2.45, 2.75) is 18.9 Å². The number of pyridine rings is 1. The number of nitrogens with one attached hydrogen (secondary N) is 1. The lowest BCUT2D eigenvalue weighted by molar-refractivity contribution is 0.557. The zero-order valence-electron chi connectivity index (χ0n) is 7.83. The van der Waals surface area contributed by atoms with Crippen LogP contribution in [0.5, 0.6) is 0 Å². The van der Waals surface area contributed by atoms with Crippen LogP contribution >= 0.6 is 0 Å². The summed E-state index contributed by atoms with van der Waals surface area (Å²) in [5, 5.41) is 3.22. The molecule has 0 aliphatic heterocycles. The molecular weight excluding hydrogens is 160 g/mol. The maximum atomic E-state index is 5.22. The van der Waals surface area contributed by atoms with Crippen molar-refractivity contribution in [3.8, 4) is 12.3 Å². The van der Waals surface area contributed by atoms with Crippen LogP contribution in [0.15, 0.2) is 24.5 Å². The number of aromatic nitrogens is 1. The average Bonchev–Trinajstić information content (AvgIpc) is 2.21. The standard InChI is InChI=1S/C11H14N2/c1-3-4-7-11(12-2)10-6-5-8-13-9-10/h1,5-6,8-9,11-12H,4,7H2,2H3. The first-order valence-corrected chi connectivity index (χ1v) is 4.39. The summed E-state index contributed by atoms with van der Waals surface area (Å²) in [6.45, 7) is 0. The van der Waals surface area contributed by atoms with Gasteiger partial charge in [-0.05, 0) is 25.1 Å². The second-order valence-corrected chi connectivity index (χ2v) is 2.87. The third-order valence-corrected chi connectivity index (χ3v) is 2.01. The van der Waals surface area contributed by atoms with Gasteiger partial charge in [-0.15, -0.1) is 12.3 Å². The van der Waals surface area contributed by atoms with Gasteiger partial charge in [0.1, 0.15) is 0 Å². The van der Waals surface area contributed by atoms with Crippen LogP contribution in [-0.2, 0) is 0 Å². The van der Waals surface area contributed by atoms with Crippen molar-refractivity contribution >= 4 is 0 Å². The summed E-state index contributed by atoms with van der Waals surface area (Å²) in [5.74, 6) is 2.64. The Morgan fingerprint density at radius 1 is 1.69 bits per heavy atom. The van der Waals surface area contributed by atoms with Gasteiger partial charge in [0, 0.05) is 24.9 Å². The van der Waals surface area contributed by atoms with Gasteiger partial charge in [-0.1, -0.05) is 6.07 Å². The smallest absolute Gasteiger partial charge is 0.0341 e. The van der Waals surface area contributed by atoms with Crippen molar-refractivity contribution in [1.82, 2.24) is 10.3 Å². The van der Waals surface area contributed by atoms with E-state index in [-0.39, 0.29) is 0 Å². The highest BCUT2D eigenvalue weighted by Crippen LogP contribution is 2.15. The van der Waals surface area contributed by atoms with Crippen LogP contribution in [0.1, 0.15) is 24.4 Å². The van der Waals surface area contributed by atoms with Gasteiger partial charge in [0.05, 0.1) is 0 Å². The molecule has 0 saturated heterocycles. The van der Waals surface area contributed by atoms with E-state index in [1.807, 2.05) is 19.3 Å². The lowest BCUT2D eigenvalue weighted by Gasteiger charge is -2.14. The van der Waals surface area contributed by atoms with Gasteiger partial charge in [0.25, 0.3) is 0 Å². The fourth-order valence-corrected chi connectivity index (χ4v) is 1.29. The molecule has 1 unspecified atom stereocenters. The zero-order valence-corrected chi connectivity index (χ0v) is 7.83. The zero-order chi connectivity index (χ0) is 9.52. The molecule has 0 fully saturated rings.